The Morgan fingerprint density at radius 1 is 1.32 bits per heavy atom. The average molecular weight is 266 g/mol. The van der Waals surface area contributed by atoms with Crippen LogP contribution in [0.4, 0.5) is 0 Å². The molecule has 108 valence electrons. The largest absolute Gasteiger partial charge is 0.380 e. The second kappa shape index (κ2) is 5.21. The van der Waals surface area contributed by atoms with E-state index in [1.165, 1.54) is 0 Å². The SMILES string of the molecule is CO[C@H]1C[C@@H](c2nc(C)nn2C(C)(C)C)CC[C@@H]1N. The highest BCUT2D eigenvalue weighted by Crippen LogP contribution is 2.34. The van der Waals surface area contributed by atoms with Gasteiger partial charge in [-0.1, -0.05) is 0 Å². The molecule has 1 aromatic heterocycles. The molecule has 1 aliphatic rings. The van der Waals surface area contributed by atoms with Gasteiger partial charge in [0.2, 0.25) is 0 Å². The maximum Gasteiger partial charge on any atom is 0.147 e. The minimum atomic E-state index is -0.0429. The second-order valence-corrected chi connectivity index (χ2v) is 6.55. The molecule has 5 nitrogen and oxygen atoms in total. The molecular formula is C14H26N4O. The Balaban J connectivity index is 2.27. The normalized spacial score (nSPS) is 28.6. The standard InChI is InChI=1S/C14H26N4O/c1-9-16-13(18(17-9)14(2,3)4)10-6-7-11(15)12(8-10)19-5/h10-12H,6-8,15H2,1-5H3/t10-,11-,12-/m0/s1. The zero-order chi connectivity index (χ0) is 14.2. The Hall–Kier alpha value is -0.940. The van der Waals surface area contributed by atoms with E-state index in [0.717, 1.165) is 30.9 Å². The average Bonchev–Trinajstić information content (AvgIpc) is 2.72. The summed E-state index contributed by atoms with van der Waals surface area (Å²) in [5.74, 6) is 2.32. The van der Waals surface area contributed by atoms with Crippen molar-refractivity contribution >= 4 is 0 Å². The van der Waals surface area contributed by atoms with E-state index in [2.05, 4.69) is 35.5 Å². The van der Waals surface area contributed by atoms with Crippen molar-refractivity contribution in [3.63, 3.8) is 0 Å². The van der Waals surface area contributed by atoms with E-state index >= 15 is 0 Å². The molecule has 2 N–H and O–H groups in total. The van der Waals surface area contributed by atoms with Crippen molar-refractivity contribution in [2.45, 2.75) is 70.6 Å². The van der Waals surface area contributed by atoms with Crippen molar-refractivity contribution in [3.8, 4) is 0 Å². The zero-order valence-electron chi connectivity index (χ0n) is 12.7. The summed E-state index contributed by atoms with van der Waals surface area (Å²) in [4.78, 5) is 4.65. The highest BCUT2D eigenvalue weighted by Gasteiger charge is 2.33. The molecule has 1 saturated carbocycles. The topological polar surface area (TPSA) is 66.0 Å². The van der Waals surface area contributed by atoms with Crippen LogP contribution in [-0.4, -0.2) is 34.0 Å². The number of ether oxygens (including phenoxy) is 1. The van der Waals surface area contributed by atoms with Gasteiger partial charge in [-0.05, 0) is 47.0 Å². The third kappa shape index (κ3) is 2.98. The van der Waals surface area contributed by atoms with Crippen LogP contribution in [0.3, 0.4) is 0 Å². The van der Waals surface area contributed by atoms with Crippen molar-refractivity contribution in [1.82, 2.24) is 14.8 Å². The molecule has 1 aromatic rings. The van der Waals surface area contributed by atoms with Crippen LogP contribution in [0.1, 0.15) is 57.6 Å². The summed E-state index contributed by atoms with van der Waals surface area (Å²) in [6.45, 7) is 8.43. The highest BCUT2D eigenvalue weighted by molar-refractivity contribution is 5.06. The van der Waals surface area contributed by atoms with Crippen LogP contribution in [-0.2, 0) is 10.3 Å². The first kappa shape index (κ1) is 14.5. The van der Waals surface area contributed by atoms with Crippen molar-refractivity contribution in [2.24, 2.45) is 5.73 Å². The molecule has 0 bridgehead atoms. The quantitative estimate of drug-likeness (QED) is 0.888. The summed E-state index contributed by atoms with van der Waals surface area (Å²) in [5, 5.41) is 4.56. The summed E-state index contributed by atoms with van der Waals surface area (Å²) >= 11 is 0. The minimum Gasteiger partial charge on any atom is -0.380 e. The van der Waals surface area contributed by atoms with Gasteiger partial charge in [-0.15, -0.1) is 0 Å². The lowest BCUT2D eigenvalue weighted by Gasteiger charge is -2.34. The molecule has 5 heteroatoms. The summed E-state index contributed by atoms with van der Waals surface area (Å²) < 4.78 is 7.57. The zero-order valence-corrected chi connectivity index (χ0v) is 12.7. The molecule has 19 heavy (non-hydrogen) atoms. The Kier molecular flexibility index (Phi) is 3.97. The van der Waals surface area contributed by atoms with Crippen LogP contribution in [0.15, 0.2) is 0 Å². The predicted molar refractivity (Wildman–Crippen MR) is 75.1 cm³/mol. The van der Waals surface area contributed by atoms with Gasteiger partial charge in [-0.2, -0.15) is 5.10 Å². The molecule has 0 aliphatic heterocycles. The van der Waals surface area contributed by atoms with Crippen molar-refractivity contribution in [1.29, 1.82) is 0 Å². The van der Waals surface area contributed by atoms with E-state index in [1.807, 2.05) is 6.92 Å². The van der Waals surface area contributed by atoms with Crippen LogP contribution in [0, 0.1) is 6.92 Å². The molecule has 0 unspecified atom stereocenters. The Morgan fingerprint density at radius 2 is 2.00 bits per heavy atom. The highest BCUT2D eigenvalue weighted by atomic mass is 16.5. The van der Waals surface area contributed by atoms with Crippen LogP contribution in [0.25, 0.3) is 0 Å². The van der Waals surface area contributed by atoms with Gasteiger partial charge in [0.1, 0.15) is 11.6 Å². The minimum absolute atomic E-state index is 0.0429. The molecule has 0 aromatic carbocycles. The van der Waals surface area contributed by atoms with Gasteiger partial charge >= 0.3 is 0 Å². The van der Waals surface area contributed by atoms with Gasteiger partial charge < -0.3 is 10.5 Å². The molecular weight excluding hydrogens is 240 g/mol. The monoisotopic (exact) mass is 266 g/mol. The fraction of sp³-hybridized carbons (Fsp3) is 0.857. The van der Waals surface area contributed by atoms with Gasteiger partial charge in [-0.25, -0.2) is 9.67 Å². The first-order chi connectivity index (χ1) is 8.82. The van der Waals surface area contributed by atoms with Crippen LogP contribution in [0.2, 0.25) is 0 Å². The Morgan fingerprint density at radius 3 is 2.58 bits per heavy atom. The van der Waals surface area contributed by atoms with Gasteiger partial charge in [-0.3, -0.25) is 0 Å². The molecule has 1 fully saturated rings. The van der Waals surface area contributed by atoms with Gasteiger partial charge in [0.05, 0.1) is 11.6 Å². The van der Waals surface area contributed by atoms with Gasteiger partial charge in [0.15, 0.2) is 0 Å². The first-order valence-electron chi connectivity index (χ1n) is 7.05. The molecule has 2 rings (SSSR count). The van der Waals surface area contributed by atoms with Crippen molar-refractivity contribution in [2.75, 3.05) is 7.11 Å². The lowest BCUT2D eigenvalue weighted by atomic mass is 9.83. The molecule has 0 amide bonds. The number of rotatable bonds is 2. The van der Waals surface area contributed by atoms with E-state index in [1.54, 1.807) is 7.11 Å². The summed E-state index contributed by atoms with van der Waals surface area (Å²) in [6, 6.07) is 0.147. The van der Waals surface area contributed by atoms with E-state index in [9.17, 15) is 0 Å². The number of nitrogens with zero attached hydrogens (tertiary/aromatic N) is 3. The lowest BCUT2D eigenvalue weighted by Crippen LogP contribution is -2.41. The molecule has 1 heterocycles. The van der Waals surface area contributed by atoms with E-state index in [0.29, 0.717) is 5.92 Å². The molecule has 0 spiro atoms. The maximum atomic E-state index is 6.09. The molecule has 1 aliphatic carbocycles. The maximum absolute atomic E-state index is 6.09. The van der Waals surface area contributed by atoms with E-state index < -0.39 is 0 Å². The molecule has 0 radical (unpaired) electrons. The predicted octanol–water partition coefficient (Wildman–Crippen LogP) is 1.95. The smallest absolute Gasteiger partial charge is 0.147 e. The fourth-order valence-electron chi connectivity index (χ4n) is 2.85. The first-order valence-corrected chi connectivity index (χ1v) is 7.05. The summed E-state index contributed by atoms with van der Waals surface area (Å²) in [5.41, 5.74) is 6.05. The van der Waals surface area contributed by atoms with Crippen LogP contribution < -0.4 is 5.73 Å². The Bertz CT molecular complexity index is 435. The third-order valence-electron chi connectivity index (χ3n) is 3.88. The van der Waals surface area contributed by atoms with Crippen molar-refractivity contribution in [3.05, 3.63) is 11.6 Å². The number of hydrogen-bond acceptors (Lipinski definition) is 4. The molecule has 3 atom stereocenters. The number of aromatic nitrogens is 3. The number of aryl methyl sites for hydroxylation is 1. The third-order valence-corrected chi connectivity index (χ3v) is 3.88. The lowest BCUT2D eigenvalue weighted by molar-refractivity contribution is 0.0449. The number of nitrogens with two attached hydrogens (primary N) is 1. The number of methoxy groups -OCH3 is 1. The fourth-order valence-corrected chi connectivity index (χ4v) is 2.85. The van der Waals surface area contributed by atoms with Gasteiger partial charge in [0.25, 0.3) is 0 Å². The summed E-state index contributed by atoms with van der Waals surface area (Å²) in [6.07, 6.45) is 3.12. The van der Waals surface area contributed by atoms with Crippen LogP contribution >= 0.6 is 0 Å². The van der Waals surface area contributed by atoms with E-state index in [4.69, 9.17) is 10.5 Å². The number of hydrogen-bond donors (Lipinski definition) is 1. The van der Waals surface area contributed by atoms with Gasteiger partial charge in [0, 0.05) is 19.1 Å². The van der Waals surface area contributed by atoms with Crippen molar-refractivity contribution < 1.29 is 4.74 Å². The molecule has 0 saturated heterocycles. The Labute approximate surface area is 115 Å². The summed E-state index contributed by atoms with van der Waals surface area (Å²) in [7, 11) is 1.74. The van der Waals surface area contributed by atoms with E-state index in [-0.39, 0.29) is 17.7 Å². The van der Waals surface area contributed by atoms with Crippen LogP contribution in [0.5, 0.6) is 0 Å². The second-order valence-electron chi connectivity index (χ2n) is 6.55.